The molecule has 0 fully saturated rings. The van der Waals surface area contributed by atoms with E-state index in [9.17, 15) is 0 Å². The number of imidazole rings is 1. The third-order valence-electron chi connectivity index (χ3n) is 5.58. The maximum Gasteiger partial charge on any atom is 0.214 e. The van der Waals surface area contributed by atoms with Gasteiger partial charge in [-0.2, -0.15) is 0 Å². The lowest BCUT2D eigenvalue weighted by atomic mass is 10.0. The Morgan fingerprint density at radius 2 is 1.77 bits per heavy atom. The van der Waals surface area contributed by atoms with Crippen LogP contribution in [0.3, 0.4) is 0 Å². The number of hydrogen-bond acceptors (Lipinski definition) is 2. The first-order valence-corrected chi connectivity index (χ1v) is 10.7. The molecule has 2 heterocycles. The number of nitrogens with one attached hydrogen (secondary N) is 1. The summed E-state index contributed by atoms with van der Waals surface area (Å²) in [6, 6.07) is 19.3. The number of nitrogens with zero attached hydrogens (tertiary/aromatic N) is 3. The third-order valence-corrected chi connectivity index (χ3v) is 5.58. The Bertz CT molecular complexity index is 1210. The van der Waals surface area contributed by atoms with E-state index in [0.29, 0.717) is 6.54 Å². The predicted octanol–water partition coefficient (Wildman–Crippen LogP) is 6.66. The van der Waals surface area contributed by atoms with Gasteiger partial charge in [-0.1, -0.05) is 48.9 Å². The second-order valence-corrected chi connectivity index (χ2v) is 7.93. The minimum absolute atomic E-state index is 0.643. The molecule has 0 aliphatic rings. The first kappa shape index (κ1) is 20.0. The predicted molar refractivity (Wildman–Crippen MR) is 126 cm³/mol. The van der Waals surface area contributed by atoms with E-state index in [4.69, 9.17) is 11.6 Å². The Morgan fingerprint density at radius 3 is 2.63 bits per heavy atom. The van der Waals surface area contributed by atoms with Crippen molar-refractivity contribution < 1.29 is 0 Å². The van der Waals surface area contributed by atoms with Crippen molar-refractivity contribution >= 4 is 22.2 Å². The van der Waals surface area contributed by atoms with Crippen LogP contribution in [0.25, 0.3) is 32.5 Å². The Balaban J connectivity index is 1.71. The normalized spacial score (nSPS) is 11.1. The average molecular weight is 397 g/mol. The molecule has 4 nitrogen and oxygen atoms in total. The standard InChI is InChI=1S/C26H28N4/c1-19-17-20(2)30-24(18-19)29-25(26(30)28-16-9-5-4-8-15-27-3)23-14-10-12-21-11-6-7-13-22(21)23/h6-7,10-14,17-18,28H,4-5,8-9,15-16H2,1-2H3. The summed E-state index contributed by atoms with van der Waals surface area (Å²) in [7, 11) is 0. The van der Waals surface area contributed by atoms with Crippen molar-refractivity contribution in [2.45, 2.75) is 39.5 Å². The average Bonchev–Trinajstić information content (AvgIpc) is 3.11. The summed E-state index contributed by atoms with van der Waals surface area (Å²) < 4.78 is 2.24. The first-order chi connectivity index (χ1) is 14.7. The van der Waals surface area contributed by atoms with Crippen LogP contribution < -0.4 is 5.32 Å². The van der Waals surface area contributed by atoms with Crippen LogP contribution >= 0.6 is 0 Å². The van der Waals surface area contributed by atoms with Crippen molar-refractivity contribution in [3.63, 3.8) is 0 Å². The van der Waals surface area contributed by atoms with Crippen molar-refractivity contribution in [3.8, 4) is 11.3 Å². The van der Waals surface area contributed by atoms with Gasteiger partial charge in [-0.05, 0) is 55.2 Å². The topological polar surface area (TPSA) is 33.7 Å². The molecule has 2 aromatic heterocycles. The van der Waals surface area contributed by atoms with E-state index in [1.807, 2.05) is 0 Å². The lowest BCUT2D eigenvalue weighted by Crippen LogP contribution is -2.07. The summed E-state index contributed by atoms with van der Waals surface area (Å²) in [5.74, 6) is 1.07. The zero-order valence-electron chi connectivity index (χ0n) is 17.8. The molecule has 0 radical (unpaired) electrons. The molecule has 30 heavy (non-hydrogen) atoms. The van der Waals surface area contributed by atoms with Crippen LogP contribution in [0, 0.1) is 20.4 Å². The molecule has 0 unspecified atom stereocenters. The number of aryl methyl sites for hydroxylation is 2. The van der Waals surface area contributed by atoms with Crippen molar-refractivity contribution in [1.82, 2.24) is 9.38 Å². The highest BCUT2D eigenvalue weighted by atomic mass is 15.1. The molecule has 0 saturated carbocycles. The van der Waals surface area contributed by atoms with E-state index in [-0.39, 0.29) is 0 Å². The molecule has 0 aliphatic heterocycles. The molecule has 0 bridgehead atoms. The second kappa shape index (κ2) is 9.00. The van der Waals surface area contributed by atoms with Crippen LogP contribution in [-0.4, -0.2) is 22.5 Å². The molecular weight excluding hydrogens is 368 g/mol. The molecule has 0 aliphatic carbocycles. The summed E-state index contributed by atoms with van der Waals surface area (Å²) in [5, 5.41) is 6.14. The van der Waals surface area contributed by atoms with E-state index in [1.54, 1.807) is 0 Å². The highest BCUT2D eigenvalue weighted by Gasteiger charge is 2.17. The van der Waals surface area contributed by atoms with E-state index in [0.717, 1.165) is 55.0 Å². The summed E-state index contributed by atoms with van der Waals surface area (Å²) >= 11 is 0. The minimum Gasteiger partial charge on any atom is -0.369 e. The molecular formula is C26H28N4. The van der Waals surface area contributed by atoms with Gasteiger partial charge in [0.1, 0.15) is 17.2 Å². The van der Waals surface area contributed by atoms with E-state index >= 15 is 0 Å². The van der Waals surface area contributed by atoms with Gasteiger partial charge in [-0.15, -0.1) is 0 Å². The molecule has 2 aromatic carbocycles. The smallest absolute Gasteiger partial charge is 0.214 e. The highest BCUT2D eigenvalue weighted by Crippen LogP contribution is 2.35. The summed E-state index contributed by atoms with van der Waals surface area (Å²) in [4.78, 5) is 8.50. The van der Waals surface area contributed by atoms with Crippen molar-refractivity contribution in [2.24, 2.45) is 0 Å². The Labute approximate surface area is 178 Å². The zero-order valence-corrected chi connectivity index (χ0v) is 17.8. The molecule has 1 N–H and O–H groups in total. The van der Waals surface area contributed by atoms with E-state index in [1.165, 1.54) is 22.0 Å². The fourth-order valence-electron chi connectivity index (χ4n) is 4.19. The third kappa shape index (κ3) is 4.02. The van der Waals surface area contributed by atoms with Gasteiger partial charge in [0, 0.05) is 24.2 Å². The van der Waals surface area contributed by atoms with Crippen LogP contribution in [-0.2, 0) is 0 Å². The van der Waals surface area contributed by atoms with E-state index < -0.39 is 0 Å². The van der Waals surface area contributed by atoms with Gasteiger partial charge < -0.3 is 10.2 Å². The molecule has 0 atom stereocenters. The van der Waals surface area contributed by atoms with Gasteiger partial charge >= 0.3 is 0 Å². The Hall–Kier alpha value is -3.32. The lowest BCUT2D eigenvalue weighted by Gasteiger charge is -2.12. The number of anilines is 1. The number of hydrogen-bond donors (Lipinski definition) is 1. The van der Waals surface area contributed by atoms with Gasteiger partial charge in [0.05, 0.1) is 0 Å². The first-order valence-electron chi connectivity index (χ1n) is 10.7. The second-order valence-electron chi connectivity index (χ2n) is 7.93. The van der Waals surface area contributed by atoms with E-state index in [2.05, 4.69) is 83.0 Å². The molecule has 0 spiro atoms. The fraction of sp³-hybridized carbons (Fsp3) is 0.308. The lowest BCUT2D eigenvalue weighted by molar-refractivity contribution is 0.677. The van der Waals surface area contributed by atoms with Crippen molar-refractivity contribution in [2.75, 3.05) is 18.4 Å². The molecule has 0 saturated heterocycles. The van der Waals surface area contributed by atoms with Crippen molar-refractivity contribution in [1.29, 1.82) is 0 Å². The molecule has 4 heteroatoms. The molecule has 4 aromatic rings. The number of pyridine rings is 1. The van der Waals surface area contributed by atoms with Gasteiger partial charge in [0.2, 0.25) is 6.54 Å². The van der Waals surface area contributed by atoms with Gasteiger partial charge in [0.15, 0.2) is 0 Å². The van der Waals surface area contributed by atoms with Crippen LogP contribution in [0.15, 0.2) is 54.6 Å². The summed E-state index contributed by atoms with van der Waals surface area (Å²) in [5.41, 5.74) is 5.56. The maximum atomic E-state index is 6.89. The number of aromatic nitrogens is 2. The molecule has 152 valence electrons. The maximum absolute atomic E-state index is 6.89. The van der Waals surface area contributed by atoms with Crippen LogP contribution in [0.2, 0.25) is 0 Å². The summed E-state index contributed by atoms with van der Waals surface area (Å²) in [6.07, 6.45) is 4.34. The van der Waals surface area contributed by atoms with Crippen molar-refractivity contribution in [3.05, 3.63) is 77.3 Å². The number of rotatable bonds is 8. The molecule has 0 amide bonds. The number of fused-ring (bicyclic) bond motifs is 2. The SMILES string of the molecule is [C-]#[N+]CCCCCCNc1c(-c2cccc3ccccc23)nc2cc(C)cc(C)n12. The Morgan fingerprint density at radius 1 is 0.967 bits per heavy atom. The number of unbranched alkanes of at least 4 members (excludes halogenated alkanes) is 3. The Kier molecular flexibility index (Phi) is 5.99. The highest BCUT2D eigenvalue weighted by molar-refractivity contribution is 5.98. The number of benzene rings is 2. The van der Waals surface area contributed by atoms with Crippen LogP contribution in [0.5, 0.6) is 0 Å². The largest absolute Gasteiger partial charge is 0.369 e. The summed E-state index contributed by atoms with van der Waals surface area (Å²) in [6.45, 7) is 12.7. The van der Waals surface area contributed by atoms with Crippen LogP contribution in [0.1, 0.15) is 36.9 Å². The van der Waals surface area contributed by atoms with Crippen LogP contribution in [0.4, 0.5) is 5.82 Å². The van der Waals surface area contributed by atoms with Gasteiger partial charge in [-0.3, -0.25) is 4.40 Å². The van der Waals surface area contributed by atoms with Gasteiger partial charge in [0.25, 0.3) is 0 Å². The monoisotopic (exact) mass is 396 g/mol. The molecule has 4 rings (SSSR count). The minimum atomic E-state index is 0.643. The van der Waals surface area contributed by atoms with Gasteiger partial charge in [-0.25, -0.2) is 11.6 Å². The zero-order chi connectivity index (χ0) is 20.9. The fourth-order valence-corrected chi connectivity index (χ4v) is 4.19. The quantitative estimate of drug-likeness (QED) is 0.267.